The zero-order valence-electron chi connectivity index (χ0n) is 12.7. The van der Waals surface area contributed by atoms with Crippen LogP contribution in [-0.4, -0.2) is 22.6 Å². The van der Waals surface area contributed by atoms with Crippen LogP contribution < -0.4 is 10.1 Å². The third-order valence-corrected chi connectivity index (χ3v) is 4.02. The first kappa shape index (κ1) is 16.9. The zero-order chi connectivity index (χ0) is 18.0. The summed E-state index contributed by atoms with van der Waals surface area (Å²) in [5, 5.41) is 6.22. The minimum Gasteiger partial charge on any atom is -0.497 e. The predicted molar refractivity (Wildman–Crippen MR) is 86.2 cm³/mol. The van der Waals surface area contributed by atoms with Gasteiger partial charge >= 0.3 is 0 Å². The second kappa shape index (κ2) is 6.89. The van der Waals surface area contributed by atoms with Gasteiger partial charge in [-0.05, 0) is 35.8 Å². The Hall–Kier alpha value is -2.94. The molecule has 0 bridgehead atoms. The molecule has 0 aliphatic rings. The fourth-order valence-electron chi connectivity index (χ4n) is 2.09. The van der Waals surface area contributed by atoms with Gasteiger partial charge < -0.3 is 10.1 Å². The highest BCUT2D eigenvalue weighted by Gasteiger charge is 2.19. The van der Waals surface area contributed by atoms with Crippen LogP contribution in [0.1, 0.15) is 9.67 Å². The van der Waals surface area contributed by atoms with Crippen LogP contribution >= 0.6 is 11.5 Å². The smallest absolute Gasteiger partial charge is 0.269 e. The van der Waals surface area contributed by atoms with Gasteiger partial charge in [-0.15, -0.1) is 5.10 Å². The molecule has 0 saturated heterocycles. The number of methoxy groups -OCH3 is 1. The van der Waals surface area contributed by atoms with Crippen molar-refractivity contribution in [1.29, 1.82) is 0 Å². The molecule has 0 saturated carbocycles. The SMILES string of the molecule is COc1ccc(-c2nnsc2C(=O)Nc2cc(F)c(F)c(F)c2)cc1. The summed E-state index contributed by atoms with van der Waals surface area (Å²) in [6.45, 7) is 0. The van der Waals surface area contributed by atoms with E-state index in [0.29, 0.717) is 29.1 Å². The summed E-state index contributed by atoms with van der Waals surface area (Å²) in [4.78, 5) is 12.5. The number of ether oxygens (including phenoxy) is 1. The normalized spacial score (nSPS) is 10.6. The van der Waals surface area contributed by atoms with Gasteiger partial charge in [-0.2, -0.15) is 0 Å². The number of hydrogen-bond acceptors (Lipinski definition) is 5. The van der Waals surface area contributed by atoms with Crippen LogP contribution in [0.2, 0.25) is 0 Å². The molecule has 0 aliphatic carbocycles. The van der Waals surface area contributed by atoms with Crippen LogP contribution in [0.25, 0.3) is 11.3 Å². The van der Waals surface area contributed by atoms with E-state index >= 15 is 0 Å². The number of halogens is 3. The predicted octanol–water partition coefficient (Wildman–Crippen LogP) is 3.88. The Balaban J connectivity index is 1.87. The molecule has 0 fully saturated rings. The van der Waals surface area contributed by atoms with E-state index in [1.807, 2.05) is 0 Å². The molecule has 0 spiro atoms. The lowest BCUT2D eigenvalue weighted by molar-refractivity contribution is 0.103. The van der Waals surface area contributed by atoms with Crippen molar-refractivity contribution in [1.82, 2.24) is 9.59 Å². The summed E-state index contributed by atoms with van der Waals surface area (Å²) in [7, 11) is 1.53. The van der Waals surface area contributed by atoms with Crippen molar-refractivity contribution < 1.29 is 22.7 Å². The van der Waals surface area contributed by atoms with Gasteiger partial charge in [-0.3, -0.25) is 4.79 Å². The monoisotopic (exact) mass is 365 g/mol. The van der Waals surface area contributed by atoms with E-state index in [1.165, 1.54) is 7.11 Å². The molecule has 0 unspecified atom stereocenters. The number of carbonyl (C=O) groups is 1. The fourth-order valence-corrected chi connectivity index (χ4v) is 2.68. The maximum atomic E-state index is 13.2. The quantitative estimate of drug-likeness (QED) is 0.713. The molecule has 3 aromatic rings. The van der Waals surface area contributed by atoms with E-state index in [2.05, 4.69) is 14.9 Å². The summed E-state index contributed by atoms with van der Waals surface area (Å²) in [6.07, 6.45) is 0. The van der Waals surface area contributed by atoms with Gasteiger partial charge in [-0.1, -0.05) is 4.49 Å². The minimum atomic E-state index is -1.60. The lowest BCUT2D eigenvalue weighted by Crippen LogP contribution is -2.12. The molecule has 25 heavy (non-hydrogen) atoms. The van der Waals surface area contributed by atoms with E-state index in [4.69, 9.17) is 4.74 Å². The average molecular weight is 365 g/mol. The Morgan fingerprint density at radius 1 is 1.12 bits per heavy atom. The van der Waals surface area contributed by atoms with Crippen LogP contribution in [0.5, 0.6) is 5.75 Å². The molecule has 1 N–H and O–H groups in total. The molecule has 5 nitrogen and oxygen atoms in total. The molecule has 0 atom stereocenters. The van der Waals surface area contributed by atoms with Crippen molar-refractivity contribution in [2.75, 3.05) is 12.4 Å². The first-order valence-corrected chi connectivity index (χ1v) is 7.69. The average Bonchev–Trinajstić information content (AvgIpc) is 3.09. The molecule has 3 rings (SSSR count). The molecule has 0 radical (unpaired) electrons. The number of rotatable bonds is 4. The van der Waals surface area contributed by atoms with Crippen molar-refractivity contribution in [2.24, 2.45) is 0 Å². The number of carbonyl (C=O) groups excluding carboxylic acids is 1. The van der Waals surface area contributed by atoms with Crippen LogP contribution in [-0.2, 0) is 0 Å². The Kier molecular flexibility index (Phi) is 4.66. The number of aromatic nitrogens is 2. The molecule has 1 aromatic heterocycles. The van der Waals surface area contributed by atoms with E-state index in [-0.39, 0.29) is 10.6 Å². The van der Waals surface area contributed by atoms with Crippen molar-refractivity contribution in [3.05, 3.63) is 58.7 Å². The van der Waals surface area contributed by atoms with Gasteiger partial charge in [0.25, 0.3) is 5.91 Å². The third kappa shape index (κ3) is 3.45. The lowest BCUT2D eigenvalue weighted by atomic mass is 10.1. The standard InChI is InChI=1S/C16H10F3N3O2S/c1-24-10-4-2-8(3-5-10)14-15(25-22-21-14)16(23)20-9-6-11(17)13(19)12(18)7-9/h2-7H,1H3,(H,20,23). The molecule has 2 aromatic carbocycles. The highest BCUT2D eigenvalue weighted by Crippen LogP contribution is 2.27. The summed E-state index contributed by atoms with van der Waals surface area (Å²) in [6, 6.07) is 8.17. The number of nitrogens with zero attached hydrogens (tertiary/aromatic N) is 2. The Labute approximate surface area is 144 Å². The Bertz CT molecular complexity index is 906. The van der Waals surface area contributed by atoms with Gasteiger partial charge in [-0.25, -0.2) is 13.2 Å². The molecule has 128 valence electrons. The van der Waals surface area contributed by atoms with Gasteiger partial charge in [0, 0.05) is 23.4 Å². The fraction of sp³-hybridized carbons (Fsp3) is 0.0625. The highest BCUT2D eigenvalue weighted by molar-refractivity contribution is 7.08. The Morgan fingerprint density at radius 3 is 2.36 bits per heavy atom. The molecule has 0 aliphatic heterocycles. The maximum absolute atomic E-state index is 13.2. The van der Waals surface area contributed by atoms with Crippen molar-refractivity contribution in [2.45, 2.75) is 0 Å². The van der Waals surface area contributed by atoms with Crippen molar-refractivity contribution >= 4 is 23.1 Å². The van der Waals surface area contributed by atoms with E-state index < -0.39 is 23.4 Å². The Morgan fingerprint density at radius 2 is 1.76 bits per heavy atom. The maximum Gasteiger partial charge on any atom is 0.269 e. The minimum absolute atomic E-state index is 0.148. The number of benzene rings is 2. The highest BCUT2D eigenvalue weighted by atomic mass is 32.1. The van der Waals surface area contributed by atoms with Crippen LogP contribution in [0, 0.1) is 17.5 Å². The van der Waals surface area contributed by atoms with Crippen molar-refractivity contribution in [3.63, 3.8) is 0 Å². The zero-order valence-corrected chi connectivity index (χ0v) is 13.5. The third-order valence-electron chi connectivity index (χ3n) is 3.30. The van der Waals surface area contributed by atoms with Crippen molar-refractivity contribution in [3.8, 4) is 17.0 Å². The molecular formula is C16H10F3N3O2S. The van der Waals surface area contributed by atoms with E-state index in [0.717, 1.165) is 11.5 Å². The first-order chi connectivity index (χ1) is 12.0. The topological polar surface area (TPSA) is 64.1 Å². The van der Waals surface area contributed by atoms with Gasteiger partial charge in [0.1, 0.15) is 16.3 Å². The van der Waals surface area contributed by atoms with Crippen LogP contribution in [0.3, 0.4) is 0 Å². The second-order valence-electron chi connectivity index (χ2n) is 4.89. The number of hydrogen-bond donors (Lipinski definition) is 1. The number of anilines is 1. The summed E-state index contributed by atoms with van der Waals surface area (Å²) in [5.74, 6) is -4.42. The van der Waals surface area contributed by atoms with Crippen LogP contribution in [0.4, 0.5) is 18.9 Å². The number of amides is 1. The second-order valence-corrected chi connectivity index (χ2v) is 5.64. The lowest BCUT2D eigenvalue weighted by Gasteiger charge is -2.06. The van der Waals surface area contributed by atoms with E-state index in [1.54, 1.807) is 24.3 Å². The molecule has 9 heteroatoms. The largest absolute Gasteiger partial charge is 0.497 e. The van der Waals surface area contributed by atoms with Gasteiger partial charge in [0.15, 0.2) is 17.5 Å². The van der Waals surface area contributed by atoms with Gasteiger partial charge in [0.2, 0.25) is 0 Å². The summed E-state index contributed by atoms with van der Waals surface area (Å²) in [5.41, 5.74) is 0.722. The first-order valence-electron chi connectivity index (χ1n) is 6.92. The van der Waals surface area contributed by atoms with Gasteiger partial charge in [0.05, 0.1) is 7.11 Å². The molecular weight excluding hydrogens is 355 g/mol. The summed E-state index contributed by atoms with van der Waals surface area (Å²) >= 11 is 0.827. The van der Waals surface area contributed by atoms with E-state index in [9.17, 15) is 18.0 Å². The summed E-state index contributed by atoms with van der Waals surface area (Å²) < 4.78 is 48.3. The van der Waals surface area contributed by atoms with Crippen LogP contribution in [0.15, 0.2) is 36.4 Å². The molecule has 1 amide bonds. The molecule has 1 heterocycles. The number of nitrogens with one attached hydrogen (secondary N) is 1.